The number of imidazole rings is 1. The molecule has 0 aliphatic carbocycles. The van der Waals surface area contributed by atoms with Crippen LogP contribution in [0.4, 0.5) is 0 Å². The molecule has 134 valence electrons. The van der Waals surface area contributed by atoms with E-state index in [1.165, 1.54) is 10.6 Å². The summed E-state index contributed by atoms with van der Waals surface area (Å²) in [6.45, 7) is 2.10. The molecular weight excluding hydrogens is 350 g/mol. The smallest absolute Gasteiger partial charge is 0.157 e. The Kier molecular flexibility index (Phi) is 5.13. The van der Waals surface area contributed by atoms with Crippen LogP contribution in [-0.4, -0.2) is 15.1 Å². The van der Waals surface area contributed by atoms with E-state index < -0.39 is 0 Å². The highest BCUT2D eigenvalue weighted by Crippen LogP contribution is 2.30. The molecule has 2 heterocycles. The first kappa shape index (κ1) is 17.6. The molecule has 2 aromatic heterocycles. The fraction of sp³-hybridized carbons (Fsp3) is 0.217. The van der Waals surface area contributed by atoms with Crippen LogP contribution < -0.4 is 0 Å². The molecule has 0 radical (unpaired) electrons. The van der Waals surface area contributed by atoms with Gasteiger partial charge >= 0.3 is 0 Å². The van der Waals surface area contributed by atoms with Crippen LogP contribution in [0.5, 0.6) is 0 Å². The van der Waals surface area contributed by atoms with Crippen molar-refractivity contribution in [3.05, 3.63) is 77.4 Å². The molecule has 0 spiro atoms. The fourth-order valence-corrected chi connectivity index (χ4v) is 4.49. The van der Waals surface area contributed by atoms with E-state index in [1.807, 2.05) is 30.0 Å². The standard InChI is InChI=1S/C23H21N3S/c1-2-18-15-22(27-14-8-11-17-9-4-3-5-10-17)26-21-13-7-6-12-20(21)25-23(26)19(18)16-24/h3-7,9-10,12-13,15H,2,8,11,14H2,1H3. The van der Waals surface area contributed by atoms with Gasteiger partial charge in [-0.2, -0.15) is 5.26 Å². The van der Waals surface area contributed by atoms with Crippen LogP contribution >= 0.6 is 11.8 Å². The number of rotatable bonds is 6. The lowest BCUT2D eigenvalue weighted by Crippen LogP contribution is -1.99. The summed E-state index contributed by atoms with van der Waals surface area (Å²) in [4.78, 5) is 4.76. The molecule has 0 amide bonds. The van der Waals surface area contributed by atoms with Gasteiger partial charge in [0.2, 0.25) is 0 Å². The number of nitrogens with zero attached hydrogens (tertiary/aromatic N) is 3. The Hall–Kier alpha value is -2.77. The van der Waals surface area contributed by atoms with Gasteiger partial charge in [0, 0.05) is 0 Å². The average molecular weight is 372 g/mol. The van der Waals surface area contributed by atoms with Gasteiger partial charge in [-0.3, -0.25) is 4.40 Å². The Morgan fingerprint density at radius 1 is 1.07 bits per heavy atom. The van der Waals surface area contributed by atoms with Crippen LogP contribution in [0.2, 0.25) is 0 Å². The lowest BCUT2D eigenvalue weighted by Gasteiger charge is -2.11. The molecule has 4 aromatic rings. The summed E-state index contributed by atoms with van der Waals surface area (Å²) in [6, 6.07) is 23.3. The van der Waals surface area contributed by atoms with E-state index in [4.69, 9.17) is 4.98 Å². The van der Waals surface area contributed by atoms with Gasteiger partial charge in [-0.1, -0.05) is 49.4 Å². The van der Waals surface area contributed by atoms with Crippen molar-refractivity contribution in [1.82, 2.24) is 9.38 Å². The molecule has 0 N–H and O–H groups in total. The van der Waals surface area contributed by atoms with Crippen molar-refractivity contribution >= 4 is 28.4 Å². The number of thioether (sulfide) groups is 1. The van der Waals surface area contributed by atoms with E-state index in [-0.39, 0.29) is 0 Å². The van der Waals surface area contributed by atoms with Gasteiger partial charge in [0.1, 0.15) is 6.07 Å². The topological polar surface area (TPSA) is 41.1 Å². The number of benzene rings is 2. The normalized spacial score (nSPS) is 11.1. The number of nitriles is 1. The maximum atomic E-state index is 9.69. The molecule has 0 unspecified atom stereocenters. The first-order chi connectivity index (χ1) is 13.3. The van der Waals surface area contributed by atoms with Crippen molar-refractivity contribution < 1.29 is 0 Å². The SMILES string of the molecule is CCc1cc(SCCCc2ccccc2)n2c(nc3ccccc32)c1C#N. The van der Waals surface area contributed by atoms with Crippen molar-refractivity contribution in [2.24, 2.45) is 0 Å². The first-order valence-corrected chi connectivity index (χ1v) is 10.3. The zero-order chi connectivity index (χ0) is 18.6. The Morgan fingerprint density at radius 2 is 1.85 bits per heavy atom. The average Bonchev–Trinajstić information content (AvgIpc) is 3.11. The Labute approximate surface area is 163 Å². The molecule has 4 heteroatoms. The number of hydrogen-bond donors (Lipinski definition) is 0. The Bertz CT molecular complexity index is 1120. The molecule has 0 fully saturated rings. The second-order valence-corrected chi connectivity index (χ2v) is 7.66. The number of pyridine rings is 1. The minimum atomic E-state index is 0.697. The predicted molar refractivity (Wildman–Crippen MR) is 112 cm³/mol. The minimum absolute atomic E-state index is 0.697. The highest BCUT2D eigenvalue weighted by Gasteiger charge is 2.16. The zero-order valence-corrected chi connectivity index (χ0v) is 16.2. The first-order valence-electron chi connectivity index (χ1n) is 9.31. The largest absolute Gasteiger partial charge is 0.286 e. The monoisotopic (exact) mass is 371 g/mol. The van der Waals surface area contributed by atoms with E-state index in [0.29, 0.717) is 5.56 Å². The number of fused-ring (bicyclic) bond motifs is 3. The van der Waals surface area contributed by atoms with Crippen LogP contribution in [0.3, 0.4) is 0 Å². The van der Waals surface area contributed by atoms with Crippen LogP contribution in [0.15, 0.2) is 65.7 Å². The number of aryl methyl sites for hydroxylation is 2. The molecule has 0 aliphatic heterocycles. The summed E-state index contributed by atoms with van der Waals surface area (Å²) in [5, 5.41) is 10.9. The summed E-state index contributed by atoms with van der Waals surface area (Å²) in [6.07, 6.45) is 3.03. The molecule has 4 rings (SSSR count). The maximum absolute atomic E-state index is 9.69. The van der Waals surface area contributed by atoms with Crippen LogP contribution in [0, 0.1) is 11.3 Å². The summed E-state index contributed by atoms with van der Waals surface area (Å²) in [5.41, 5.74) is 5.94. The van der Waals surface area contributed by atoms with Crippen molar-refractivity contribution in [1.29, 1.82) is 5.26 Å². The van der Waals surface area contributed by atoms with Gasteiger partial charge in [-0.05, 0) is 54.3 Å². The summed E-state index contributed by atoms with van der Waals surface area (Å²) in [5.74, 6) is 1.03. The third-order valence-electron chi connectivity index (χ3n) is 4.82. The van der Waals surface area contributed by atoms with Gasteiger partial charge in [-0.25, -0.2) is 4.98 Å². The number of aromatic nitrogens is 2. The van der Waals surface area contributed by atoms with Crippen molar-refractivity contribution in [3.8, 4) is 6.07 Å². The van der Waals surface area contributed by atoms with Crippen molar-refractivity contribution in [2.75, 3.05) is 5.75 Å². The van der Waals surface area contributed by atoms with E-state index in [1.54, 1.807) is 0 Å². The molecule has 27 heavy (non-hydrogen) atoms. The highest BCUT2D eigenvalue weighted by atomic mass is 32.2. The molecule has 3 nitrogen and oxygen atoms in total. The molecular formula is C23H21N3S. The lowest BCUT2D eigenvalue weighted by molar-refractivity contribution is 0.927. The summed E-state index contributed by atoms with van der Waals surface area (Å²) in [7, 11) is 0. The van der Waals surface area contributed by atoms with E-state index in [2.05, 4.69) is 59.9 Å². The zero-order valence-electron chi connectivity index (χ0n) is 15.4. The molecule has 0 saturated carbocycles. The van der Waals surface area contributed by atoms with E-state index in [0.717, 1.165) is 47.3 Å². The van der Waals surface area contributed by atoms with Crippen LogP contribution in [0.25, 0.3) is 16.7 Å². The Balaban J connectivity index is 1.68. The predicted octanol–water partition coefficient (Wildman–Crippen LogP) is 5.65. The summed E-state index contributed by atoms with van der Waals surface area (Å²) >= 11 is 1.85. The van der Waals surface area contributed by atoms with Crippen LogP contribution in [-0.2, 0) is 12.8 Å². The number of para-hydroxylation sites is 2. The quantitative estimate of drug-likeness (QED) is 0.325. The molecule has 0 saturated heterocycles. The third-order valence-corrected chi connectivity index (χ3v) is 5.91. The van der Waals surface area contributed by atoms with E-state index in [9.17, 15) is 5.26 Å². The molecule has 2 aromatic carbocycles. The van der Waals surface area contributed by atoms with E-state index >= 15 is 0 Å². The minimum Gasteiger partial charge on any atom is -0.286 e. The van der Waals surface area contributed by atoms with Gasteiger partial charge in [0.05, 0.1) is 21.6 Å². The summed E-state index contributed by atoms with van der Waals surface area (Å²) < 4.78 is 2.15. The van der Waals surface area contributed by atoms with Gasteiger partial charge in [0.15, 0.2) is 5.65 Å². The van der Waals surface area contributed by atoms with Crippen molar-refractivity contribution in [3.63, 3.8) is 0 Å². The Morgan fingerprint density at radius 3 is 2.63 bits per heavy atom. The second kappa shape index (κ2) is 7.85. The molecule has 0 atom stereocenters. The van der Waals surface area contributed by atoms with Crippen LogP contribution in [0.1, 0.15) is 30.0 Å². The third kappa shape index (κ3) is 3.43. The van der Waals surface area contributed by atoms with Gasteiger partial charge < -0.3 is 0 Å². The lowest BCUT2D eigenvalue weighted by atomic mass is 10.1. The van der Waals surface area contributed by atoms with Gasteiger partial charge in [0.25, 0.3) is 0 Å². The molecule has 0 bridgehead atoms. The number of hydrogen-bond acceptors (Lipinski definition) is 3. The van der Waals surface area contributed by atoms with Crippen molar-refractivity contribution in [2.45, 2.75) is 31.2 Å². The molecule has 0 aliphatic rings. The second-order valence-electron chi connectivity index (χ2n) is 6.55. The highest BCUT2D eigenvalue weighted by molar-refractivity contribution is 7.99. The maximum Gasteiger partial charge on any atom is 0.157 e. The fourth-order valence-electron chi connectivity index (χ4n) is 3.45. The van der Waals surface area contributed by atoms with Gasteiger partial charge in [-0.15, -0.1) is 11.8 Å².